The molecule has 2 N–H and O–H groups in total. The van der Waals surface area contributed by atoms with Crippen LogP contribution in [0.5, 0.6) is 0 Å². The number of hydrogen-bond acceptors (Lipinski definition) is 7. The summed E-state index contributed by atoms with van der Waals surface area (Å²) in [7, 11) is 0. The lowest BCUT2D eigenvalue weighted by Crippen LogP contribution is -2.32. The third-order valence-corrected chi connectivity index (χ3v) is 5.40. The van der Waals surface area contributed by atoms with Gasteiger partial charge in [0, 0.05) is 10.4 Å². The average Bonchev–Trinajstić information content (AvgIpc) is 3.05. The Morgan fingerprint density at radius 3 is 2.45 bits per heavy atom. The molecule has 9 heteroatoms. The van der Waals surface area contributed by atoms with Crippen LogP contribution in [0.15, 0.2) is 24.3 Å². The summed E-state index contributed by atoms with van der Waals surface area (Å²) in [6, 6.07) is 6.93. The van der Waals surface area contributed by atoms with Crippen LogP contribution in [0.3, 0.4) is 0 Å². The number of aryl methyl sites for hydroxylation is 2. The van der Waals surface area contributed by atoms with Crippen molar-refractivity contribution in [1.29, 1.82) is 0 Å². The second-order valence-corrected chi connectivity index (χ2v) is 7.90. The zero-order valence-corrected chi connectivity index (χ0v) is 18.8. The Balaban J connectivity index is 1.90. The molecule has 0 unspecified atom stereocenters. The first-order chi connectivity index (χ1) is 14.8. The zero-order chi connectivity index (χ0) is 23.0. The van der Waals surface area contributed by atoms with Gasteiger partial charge >= 0.3 is 11.9 Å². The molecule has 2 rings (SSSR count). The van der Waals surface area contributed by atoms with Crippen LogP contribution < -0.4 is 10.6 Å². The van der Waals surface area contributed by atoms with E-state index in [-0.39, 0.29) is 13.2 Å². The van der Waals surface area contributed by atoms with Crippen molar-refractivity contribution in [2.75, 3.05) is 25.1 Å². The van der Waals surface area contributed by atoms with E-state index in [1.165, 1.54) is 11.3 Å². The SMILES string of the molecule is CCOC(=O)c1c(NC(=O)COC(=O)CNC(=O)c2cccc(C)c2)sc(C)c1CC. The zero-order valence-electron chi connectivity index (χ0n) is 18.0. The molecule has 0 radical (unpaired) electrons. The van der Waals surface area contributed by atoms with Crippen molar-refractivity contribution >= 4 is 40.1 Å². The van der Waals surface area contributed by atoms with Crippen LogP contribution >= 0.6 is 11.3 Å². The Bertz CT molecular complexity index is 982. The Hall–Kier alpha value is -3.20. The molecule has 0 bridgehead atoms. The summed E-state index contributed by atoms with van der Waals surface area (Å²) in [6.07, 6.45) is 0.613. The fraction of sp³-hybridized carbons (Fsp3) is 0.364. The molecule has 0 saturated carbocycles. The van der Waals surface area contributed by atoms with Crippen LogP contribution in [0.1, 0.15) is 50.6 Å². The molecule has 0 spiro atoms. The monoisotopic (exact) mass is 446 g/mol. The number of anilines is 1. The minimum atomic E-state index is -0.752. The number of esters is 2. The van der Waals surface area contributed by atoms with Gasteiger partial charge < -0.3 is 20.1 Å². The van der Waals surface area contributed by atoms with Gasteiger partial charge in [-0.15, -0.1) is 11.3 Å². The van der Waals surface area contributed by atoms with E-state index in [1.54, 1.807) is 25.1 Å². The van der Waals surface area contributed by atoms with E-state index < -0.39 is 30.4 Å². The van der Waals surface area contributed by atoms with Gasteiger partial charge in [-0.25, -0.2) is 4.79 Å². The van der Waals surface area contributed by atoms with E-state index >= 15 is 0 Å². The fourth-order valence-electron chi connectivity index (χ4n) is 2.91. The number of rotatable bonds is 9. The highest BCUT2D eigenvalue weighted by Crippen LogP contribution is 2.34. The molecule has 1 aromatic heterocycles. The smallest absolute Gasteiger partial charge is 0.341 e. The molecule has 0 aliphatic heterocycles. The number of carbonyl (C=O) groups excluding carboxylic acids is 4. The number of thiophene rings is 1. The van der Waals surface area contributed by atoms with Crippen molar-refractivity contribution in [2.24, 2.45) is 0 Å². The van der Waals surface area contributed by atoms with E-state index in [9.17, 15) is 19.2 Å². The molecular formula is C22H26N2O6S. The molecule has 1 aromatic carbocycles. The number of amides is 2. The molecule has 0 aliphatic rings. The summed E-state index contributed by atoms with van der Waals surface area (Å²) in [5.41, 5.74) is 2.49. The van der Waals surface area contributed by atoms with Crippen molar-refractivity contribution < 1.29 is 28.7 Å². The Kier molecular flexibility index (Phi) is 8.75. The van der Waals surface area contributed by atoms with Gasteiger partial charge in [0.25, 0.3) is 11.8 Å². The predicted molar refractivity (Wildman–Crippen MR) is 117 cm³/mol. The molecule has 0 saturated heterocycles. The molecule has 2 aromatic rings. The van der Waals surface area contributed by atoms with Crippen molar-refractivity contribution in [1.82, 2.24) is 5.32 Å². The third-order valence-electron chi connectivity index (χ3n) is 4.33. The molecular weight excluding hydrogens is 420 g/mol. The van der Waals surface area contributed by atoms with Crippen molar-refractivity contribution in [3.8, 4) is 0 Å². The van der Waals surface area contributed by atoms with Crippen LogP contribution in [-0.2, 0) is 25.5 Å². The number of hydrogen-bond donors (Lipinski definition) is 2. The Labute approximate surface area is 184 Å². The molecule has 31 heavy (non-hydrogen) atoms. The number of benzene rings is 1. The van der Waals surface area contributed by atoms with Gasteiger partial charge in [-0.2, -0.15) is 0 Å². The Morgan fingerprint density at radius 2 is 1.81 bits per heavy atom. The van der Waals surface area contributed by atoms with E-state index in [2.05, 4.69) is 10.6 Å². The Morgan fingerprint density at radius 1 is 1.06 bits per heavy atom. The van der Waals surface area contributed by atoms with Gasteiger partial charge in [0.05, 0.1) is 12.2 Å². The van der Waals surface area contributed by atoms with Crippen LogP contribution in [0.4, 0.5) is 5.00 Å². The third kappa shape index (κ3) is 6.65. The first-order valence-electron chi connectivity index (χ1n) is 9.86. The number of carbonyl (C=O) groups is 4. The van der Waals surface area contributed by atoms with E-state index in [1.807, 2.05) is 26.8 Å². The second kappa shape index (κ2) is 11.3. The average molecular weight is 447 g/mol. The topological polar surface area (TPSA) is 111 Å². The summed E-state index contributed by atoms with van der Waals surface area (Å²) in [4.78, 5) is 49.4. The molecule has 2 amide bonds. The number of nitrogens with one attached hydrogen (secondary N) is 2. The second-order valence-electron chi connectivity index (χ2n) is 6.68. The van der Waals surface area contributed by atoms with Gasteiger partial charge in [0.1, 0.15) is 11.5 Å². The maximum Gasteiger partial charge on any atom is 0.341 e. The van der Waals surface area contributed by atoms with E-state index in [0.717, 1.165) is 16.0 Å². The lowest BCUT2D eigenvalue weighted by Gasteiger charge is -2.09. The van der Waals surface area contributed by atoms with Gasteiger partial charge in [-0.1, -0.05) is 24.6 Å². The molecule has 1 heterocycles. The standard InChI is InChI=1S/C22H26N2O6S/c1-5-16-14(4)31-21(19(16)22(28)29-6-2)24-17(25)12-30-18(26)11-23-20(27)15-9-7-8-13(3)10-15/h7-10H,5-6,11-12H2,1-4H3,(H,23,27)(H,24,25). The minimum absolute atomic E-state index is 0.218. The molecule has 0 fully saturated rings. The van der Waals surface area contributed by atoms with Crippen molar-refractivity contribution in [2.45, 2.75) is 34.1 Å². The normalized spacial score (nSPS) is 10.3. The molecule has 8 nitrogen and oxygen atoms in total. The highest BCUT2D eigenvalue weighted by atomic mass is 32.1. The first kappa shape index (κ1) is 24.1. The van der Waals surface area contributed by atoms with Crippen molar-refractivity contribution in [3.05, 3.63) is 51.4 Å². The van der Waals surface area contributed by atoms with Crippen LogP contribution in [-0.4, -0.2) is 43.5 Å². The largest absolute Gasteiger partial charge is 0.462 e. The van der Waals surface area contributed by atoms with Gasteiger partial charge in [-0.05, 0) is 44.9 Å². The molecule has 0 aliphatic carbocycles. The fourth-order valence-corrected chi connectivity index (χ4v) is 4.06. The first-order valence-corrected chi connectivity index (χ1v) is 10.7. The molecule has 0 atom stereocenters. The van der Waals surface area contributed by atoms with E-state index in [4.69, 9.17) is 9.47 Å². The predicted octanol–water partition coefficient (Wildman–Crippen LogP) is 3.02. The van der Waals surface area contributed by atoms with Crippen LogP contribution in [0, 0.1) is 13.8 Å². The molecule has 166 valence electrons. The van der Waals surface area contributed by atoms with Crippen LogP contribution in [0.2, 0.25) is 0 Å². The van der Waals surface area contributed by atoms with Crippen molar-refractivity contribution in [3.63, 3.8) is 0 Å². The van der Waals surface area contributed by atoms with Gasteiger partial charge in [0.2, 0.25) is 0 Å². The maximum atomic E-state index is 12.3. The number of ether oxygens (including phenoxy) is 2. The summed E-state index contributed by atoms with van der Waals surface area (Å²) in [5.74, 6) is -2.26. The lowest BCUT2D eigenvalue weighted by molar-refractivity contribution is -0.146. The minimum Gasteiger partial charge on any atom is -0.462 e. The summed E-state index contributed by atoms with van der Waals surface area (Å²) < 4.78 is 10.0. The highest BCUT2D eigenvalue weighted by Gasteiger charge is 2.23. The highest BCUT2D eigenvalue weighted by molar-refractivity contribution is 7.16. The van der Waals surface area contributed by atoms with E-state index in [0.29, 0.717) is 22.5 Å². The summed E-state index contributed by atoms with van der Waals surface area (Å²) in [6.45, 7) is 6.64. The lowest BCUT2D eigenvalue weighted by atomic mass is 10.1. The summed E-state index contributed by atoms with van der Waals surface area (Å²) in [5, 5.41) is 5.43. The van der Waals surface area contributed by atoms with Crippen LogP contribution in [0.25, 0.3) is 0 Å². The van der Waals surface area contributed by atoms with Gasteiger partial charge in [-0.3, -0.25) is 14.4 Å². The quantitative estimate of drug-likeness (QED) is 0.573. The maximum absolute atomic E-state index is 12.3. The van der Waals surface area contributed by atoms with Gasteiger partial charge in [0.15, 0.2) is 6.61 Å². The summed E-state index contributed by atoms with van der Waals surface area (Å²) >= 11 is 1.26.